The monoisotopic (exact) mass is 371 g/mol. The van der Waals surface area contributed by atoms with Crippen molar-refractivity contribution in [2.24, 2.45) is 4.99 Å². The zero-order chi connectivity index (χ0) is 17.8. The number of thioether (sulfide) groups is 1. The lowest BCUT2D eigenvalue weighted by atomic mass is 10.1. The van der Waals surface area contributed by atoms with Crippen molar-refractivity contribution in [1.82, 2.24) is 9.88 Å². The van der Waals surface area contributed by atoms with Crippen LogP contribution in [0.3, 0.4) is 0 Å². The third-order valence-electron chi connectivity index (χ3n) is 3.27. The number of rotatable bonds is 5. The minimum Gasteiger partial charge on any atom is -0.478 e. The molecule has 126 valence electrons. The maximum absolute atomic E-state index is 12.6. The highest BCUT2D eigenvalue weighted by molar-refractivity contribution is 8.18. The summed E-state index contributed by atoms with van der Waals surface area (Å²) in [6.07, 6.45) is 5.02. The molecule has 1 aliphatic rings. The summed E-state index contributed by atoms with van der Waals surface area (Å²) >= 11 is 2.65. The molecule has 1 aromatic carbocycles. The number of benzene rings is 1. The number of hydrogen-bond acceptors (Lipinski definition) is 6. The van der Waals surface area contributed by atoms with Gasteiger partial charge in [0.15, 0.2) is 5.17 Å². The van der Waals surface area contributed by atoms with E-state index >= 15 is 0 Å². The Morgan fingerprint density at radius 1 is 1.36 bits per heavy atom. The van der Waals surface area contributed by atoms with Gasteiger partial charge in [-0.15, -0.1) is 17.9 Å². The predicted octanol–water partition coefficient (Wildman–Crippen LogP) is 3.63. The summed E-state index contributed by atoms with van der Waals surface area (Å²) in [7, 11) is 0. The van der Waals surface area contributed by atoms with E-state index < -0.39 is 5.97 Å². The second-order valence-corrected chi connectivity index (χ2v) is 6.83. The molecule has 6 nitrogen and oxygen atoms in total. The molecule has 0 atom stereocenters. The van der Waals surface area contributed by atoms with Gasteiger partial charge < -0.3 is 5.11 Å². The molecule has 0 saturated carbocycles. The van der Waals surface area contributed by atoms with Gasteiger partial charge in [-0.2, -0.15) is 4.99 Å². The Morgan fingerprint density at radius 3 is 2.72 bits per heavy atom. The topological polar surface area (TPSA) is 82.9 Å². The molecule has 25 heavy (non-hydrogen) atoms. The first-order valence-electron chi connectivity index (χ1n) is 7.22. The fourth-order valence-electron chi connectivity index (χ4n) is 2.11. The highest BCUT2D eigenvalue weighted by Crippen LogP contribution is 2.34. The molecule has 1 saturated heterocycles. The summed E-state index contributed by atoms with van der Waals surface area (Å²) in [4.78, 5) is 34.1. The number of carboxylic acids is 1. The minimum atomic E-state index is -0.986. The number of amidine groups is 1. The number of carbonyl (C=O) groups excluding carboxylic acids is 1. The van der Waals surface area contributed by atoms with Crippen LogP contribution in [0.25, 0.3) is 6.08 Å². The maximum atomic E-state index is 12.6. The lowest BCUT2D eigenvalue weighted by Gasteiger charge is -2.11. The van der Waals surface area contributed by atoms with Crippen LogP contribution in [0.15, 0.2) is 58.4 Å². The quantitative estimate of drug-likeness (QED) is 0.641. The third-order valence-corrected chi connectivity index (χ3v) is 4.94. The van der Waals surface area contributed by atoms with Crippen molar-refractivity contribution < 1.29 is 14.7 Å². The Balaban J connectivity index is 1.90. The van der Waals surface area contributed by atoms with Crippen molar-refractivity contribution >= 4 is 51.4 Å². The summed E-state index contributed by atoms with van der Waals surface area (Å²) in [6, 6.07) is 6.34. The summed E-state index contributed by atoms with van der Waals surface area (Å²) in [5.41, 5.74) is 0.946. The van der Waals surface area contributed by atoms with Crippen molar-refractivity contribution in [2.75, 3.05) is 6.54 Å². The standard InChI is InChI=1S/C17H13N3O3S2/c1-2-8-20-14(21)13(25-17(20)19-16-18-7-9-24-16)10-11-3-5-12(6-4-11)15(22)23/h2-7,9-10H,1,8H2,(H,22,23)/b13-10-,19-17?. The molecule has 1 N–H and O–H groups in total. The molecule has 1 amide bonds. The van der Waals surface area contributed by atoms with Gasteiger partial charge in [-0.3, -0.25) is 9.69 Å². The lowest BCUT2D eigenvalue weighted by molar-refractivity contribution is -0.121. The second kappa shape index (κ2) is 7.45. The minimum absolute atomic E-state index is 0.164. The molecule has 3 rings (SSSR count). The largest absolute Gasteiger partial charge is 0.478 e. The van der Waals surface area contributed by atoms with Gasteiger partial charge >= 0.3 is 5.97 Å². The van der Waals surface area contributed by atoms with Crippen molar-refractivity contribution in [3.05, 3.63) is 64.5 Å². The number of aromatic nitrogens is 1. The van der Waals surface area contributed by atoms with E-state index in [2.05, 4.69) is 16.6 Å². The maximum Gasteiger partial charge on any atom is 0.335 e. The van der Waals surface area contributed by atoms with E-state index in [1.165, 1.54) is 40.1 Å². The molecular formula is C17H13N3O3S2. The van der Waals surface area contributed by atoms with Crippen LogP contribution in [0, 0.1) is 0 Å². The van der Waals surface area contributed by atoms with E-state index in [1.807, 2.05) is 5.38 Å². The number of amides is 1. The second-order valence-electron chi connectivity index (χ2n) is 4.95. The third kappa shape index (κ3) is 3.86. The molecule has 2 aromatic rings. The molecule has 8 heteroatoms. The van der Waals surface area contributed by atoms with E-state index in [4.69, 9.17) is 5.11 Å². The first-order chi connectivity index (χ1) is 12.1. The van der Waals surface area contributed by atoms with Crippen LogP contribution in [-0.2, 0) is 4.79 Å². The molecular weight excluding hydrogens is 358 g/mol. The van der Waals surface area contributed by atoms with E-state index in [0.29, 0.717) is 21.7 Å². The first-order valence-corrected chi connectivity index (χ1v) is 8.92. The van der Waals surface area contributed by atoms with Crippen LogP contribution in [0.2, 0.25) is 0 Å². The molecule has 1 fully saturated rings. The highest BCUT2D eigenvalue weighted by Gasteiger charge is 2.32. The highest BCUT2D eigenvalue weighted by atomic mass is 32.2. The van der Waals surface area contributed by atoms with Crippen molar-refractivity contribution in [3.8, 4) is 0 Å². The van der Waals surface area contributed by atoms with E-state index in [0.717, 1.165) is 5.56 Å². The number of carboxylic acid groups (broad SMARTS) is 1. The number of aliphatic imine (C=N–C) groups is 1. The zero-order valence-corrected chi connectivity index (χ0v) is 14.6. The zero-order valence-electron chi connectivity index (χ0n) is 13.0. The molecule has 1 aliphatic heterocycles. The van der Waals surface area contributed by atoms with Gasteiger partial charge in [0.05, 0.1) is 10.5 Å². The molecule has 0 unspecified atom stereocenters. The van der Waals surface area contributed by atoms with Crippen LogP contribution < -0.4 is 0 Å². The molecule has 0 spiro atoms. The van der Waals surface area contributed by atoms with Crippen LogP contribution in [0.4, 0.5) is 5.13 Å². The van der Waals surface area contributed by atoms with Crippen LogP contribution >= 0.6 is 23.1 Å². The molecule has 0 aliphatic carbocycles. The Hall–Kier alpha value is -2.71. The Morgan fingerprint density at radius 2 is 2.12 bits per heavy atom. The fourth-order valence-corrected chi connectivity index (χ4v) is 3.66. The van der Waals surface area contributed by atoms with Crippen molar-refractivity contribution in [3.63, 3.8) is 0 Å². The van der Waals surface area contributed by atoms with Crippen molar-refractivity contribution in [1.29, 1.82) is 0 Å². The van der Waals surface area contributed by atoms with E-state index in [1.54, 1.807) is 30.5 Å². The van der Waals surface area contributed by atoms with E-state index in [9.17, 15) is 9.59 Å². The summed E-state index contributed by atoms with van der Waals surface area (Å²) < 4.78 is 0. The molecule has 2 heterocycles. The Labute approximate surface area is 152 Å². The van der Waals surface area contributed by atoms with Gasteiger partial charge in [-0.05, 0) is 35.5 Å². The predicted molar refractivity (Wildman–Crippen MR) is 100 cm³/mol. The van der Waals surface area contributed by atoms with Crippen LogP contribution in [-0.4, -0.2) is 38.6 Å². The van der Waals surface area contributed by atoms with Crippen LogP contribution in [0.5, 0.6) is 0 Å². The molecule has 0 radical (unpaired) electrons. The number of thiazole rings is 1. The van der Waals surface area contributed by atoms with Gasteiger partial charge in [0, 0.05) is 18.1 Å². The summed E-state index contributed by atoms with van der Waals surface area (Å²) in [5, 5.41) is 11.9. The normalized spacial score (nSPS) is 17.4. The average Bonchev–Trinajstić information content (AvgIpc) is 3.20. The van der Waals surface area contributed by atoms with Gasteiger partial charge in [-0.1, -0.05) is 18.2 Å². The van der Waals surface area contributed by atoms with Gasteiger partial charge in [-0.25, -0.2) is 9.78 Å². The van der Waals surface area contributed by atoms with Crippen LogP contribution in [0.1, 0.15) is 15.9 Å². The Kier molecular flexibility index (Phi) is 5.11. The number of carbonyl (C=O) groups is 2. The van der Waals surface area contributed by atoms with Crippen molar-refractivity contribution in [2.45, 2.75) is 0 Å². The van der Waals surface area contributed by atoms with E-state index in [-0.39, 0.29) is 11.5 Å². The summed E-state index contributed by atoms with van der Waals surface area (Å²) in [5.74, 6) is -1.15. The summed E-state index contributed by atoms with van der Waals surface area (Å²) in [6.45, 7) is 4.03. The SMILES string of the molecule is C=CCN1C(=O)/C(=C/c2ccc(C(=O)O)cc2)SC1=Nc1nccs1. The lowest BCUT2D eigenvalue weighted by Crippen LogP contribution is -2.29. The molecule has 1 aromatic heterocycles. The molecule has 0 bridgehead atoms. The van der Waals surface area contributed by atoms with Gasteiger partial charge in [0.25, 0.3) is 5.91 Å². The Bertz CT molecular complexity index is 871. The average molecular weight is 371 g/mol. The number of nitrogens with zero attached hydrogens (tertiary/aromatic N) is 3. The van der Waals surface area contributed by atoms with Gasteiger partial charge in [0.2, 0.25) is 5.13 Å². The fraction of sp³-hybridized carbons (Fsp3) is 0.0588. The number of hydrogen-bond donors (Lipinski definition) is 1. The first kappa shape index (κ1) is 17.1. The number of aromatic carboxylic acids is 1. The van der Waals surface area contributed by atoms with Gasteiger partial charge in [0.1, 0.15) is 0 Å². The smallest absolute Gasteiger partial charge is 0.335 e.